The third kappa shape index (κ3) is 3.45. The molecule has 0 saturated heterocycles. The summed E-state index contributed by atoms with van der Waals surface area (Å²) in [6.45, 7) is -0.231. The molecule has 2 heterocycles. The summed E-state index contributed by atoms with van der Waals surface area (Å²) in [5.74, 6) is -0.467. The largest absolute Gasteiger partial charge is 0.522 e. The van der Waals surface area contributed by atoms with E-state index in [1.165, 1.54) is 0 Å². The lowest BCUT2D eigenvalue weighted by Crippen LogP contribution is -2.29. The average molecular weight is 326 g/mol. The zero-order chi connectivity index (χ0) is 16.4. The molecule has 0 fully saturated rings. The smallest absolute Gasteiger partial charge is 0.378 e. The van der Waals surface area contributed by atoms with Gasteiger partial charge in [-0.25, -0.2) is 4.98 Å². The number of carbonyl (C=O) groups is 1. The van der Waals surface area contributed by atoms with Crippen LogP contribution in [0.5, 0.6) is 0 Å². The number of aromatic nitrogens is 2. The van der Waals surface area contributed by atoms with Crippen LogP contribution in [0.1, 0.15) is 16.1 Å². The van der Waals surface area contributed by atoms with Crippen LogP contribution < -0.4 is 10.6 Å². The number of amides is 1. The highest BCUT2D eigenvalue weighted by molar-refractivity contribution is 5.95. The molecule has 0 bridgehead atoms. The molecule has 0 saturated carbocycles. The number of ether oxygens (including phenoxy) is 1. The van der Waals surface area contributed by atoms with Crippen LogP contribution in [0, 0.1) is 0 Å². The molecule has 0 spiro atoms. The Kier molecular flexibility index (Phi) is 3.95. The van der Waals surface area contributed by atoms with Gasteiger partial charge in [0.05, 0.1) is 42.7 Å². The maximum absolute atomic E-state index is 12.0. The van der Waals surface area contributed by atoms with Crippen LogP contribution >= 0.6 is 0 Å². The summed E-state index contributed by atoms with van der Waals surface area (Å²) in [4.78, 5) is 16.1. The number of fused-ring (bicyclic) bond motifs is 3. The Morgan fingerprint density at radius 3 is 3.04 bits per heavy atom. The van der Waals surface area contributed by atoms with Crippen molar-refractivity contribution in [2.45, 2.75) is 12.9 Å². The number of nitrogens with zero attached hydrogens (tertiary/aromatic N) is 2. The van der Waals surface area contributed by atoms with Crippen molar-refractivity contribution in [2.24, 2.45) is 0 Å². The third-order valence-electron chi connectivity index (χ3n) is 3.35. The highest BCUT2D eigenvalue weighted by atomic mass is 19.4. The van der Waals surface area contributed by atoms with E-state index >= 15 is 0 Å². The van der Waals surface area contributed by atoms with E-state index in [0.717, 1.165) is 17.1 Å². The lowest BCUT2D eigenvalue weighted by Gasteiger charge is -2.21. The van der Waals surface area contributed by atoms with E-state index in [1.54, 1.807) is 30.7 Å². The summed E-state index contributed by atoms with van der Waals surface area (Å²) in [5.41, 5.74) is 2.92. The Morgan fingerprint density at radius 2 is 2.26 bits per heavy atom. The first kappa shape index (κ1) is 15.3. The first-order valence-corrected chi connectivity index (χ1v) is 6.82. The van der Waals surface area contributed by atoms with Gasteiger partial charge in [-0.2, -0.15) is 0 Å². The molecule has 2 aromatic rings. The fourth-order valence-electron chi connectivity index (χ4n) is 2.31. The van der Waals surface area contributed by atoms with Crippen molar-refractivity contribution in [2.75, 3.05) is 18.5 Å². The predicted octanol–water partition coefficient (Wildman–Crippen LogP) is 2.06. The van der Waals surface area contributed by atoms with Crippen molar-refractivity contribution in [1.29, 1.82) is 0 Å². The Bertz CT molecular complexity index is 727. The number of anilines is 1. The van der Waals surface area contributed by atoms with Gasteiger partial charge in [0, 0.05) is 12.1 Å². The van der Waals surface area contributed by atoms with E-state index in [-0.39, 0.29) is 6.54 Å². The number of rotatable bonds is 4. The SMILES string of the molecule is O=C(NCCOC(F)(F)F)c1ccc2c(c1)-n1cncc1CN2. The second kappa shape index (κ2) is 5.92. The second-order valence-electron chi connectivity index (χ2n) is 4.89. The van der Waals surface area contributed by atoms with Crippen LogP contribution in [0.4, 0.5) is 18.9 Å². The van der Waals surface area contributed by atoms with Gasteiger partial charge >= 0.3 is 6.36 Å². The fourth-order valence-corrected chi connectivity index (χ4v) is 2.31. The van der Waals surface area contributed by atoms with Crippen molar-refractivity contribution in [3.05, 3.63) is 42.0 Å². The molecule has 3 rings (SSSR count). The summed E-state index contributed by atoms with van der Waals surface area (Å²) in [7, 11) is 0. The van der Waals surface area contributed by atoms with Crippen LogP contribution in [0.3, 0.4) is 0 Å². The number of carbonyl (C=O) groups excluding carboxylic acids is 1. The molecule has 1 amide bonds. The number of imidazole rings is 1. The molecule has 0 atom stereocenters. The fraction of sp³-hybridized carbons (Fsp3) is 0.286. The van der Waals surface area contributed by atoms with Crippen LogP contribution in [0.15, 0.2) is 30.7 Å². The molecule has 6 nitrogen and oxygen atoms in total. The maximum Gasteiger partial charge on any atom is 0.522 e. The zero-order valence-corrected chi connectivity index (χ0v) is 11.9. The molecular formula is C14H13F3N4O2. The molecule has 122 valence electrons. The van der Waals surface area contributed by atoms with Gasteiger partial charge in [0.15, 0.2) is 0 Å². The number of hydrogen-bond donors (Lipinski definition) is 2. The molecule has 0 radical (unpaired) electrons. The Labute approximate surface area is 129 Å². The van der Waals surface area contributed by atoms with Gasteiger partial charge in [-0.15, -0.1) is 13.2 Å². The highest BCUT2D eigenvalue weighted by Crippen LogP contribution is 2.27. The highest BCUT2D eigenvalue weighted by Gasteiger charge is 2.28. The first-order chi connectivity index (χ1) is 10.9. The summed E-state index contributed by atoms with van der Waals surface area (Å²) in [5, 5.41) is 5.59. The van der Waals surface area contributed by atoms with Crippen molar-refractivity contribution < 1.29 is 22.7 Å². The van der Waals surface area contributed by atoms with Crippen molar-refractivity contribution in [3.8, 4) is 5.69 Å². The monoisotopic (exact) mass is 326 g/mol. The number of nitrogens with one attached hydrogen (secondary N) is 2. The summed E-state index contributed by atoms with van der Waals surface area (Å²) < 4.78 is 41.0. The minimum absolute atomic E-state index is 0.232. The Balaban J connectivity index is 1.68. The number of benzene rings is 1. The number of halogens is 3. The maximum atomic E-state index is 12.0. The van der Waals surface area contributed by atoms with Crippen molar-refractivity contribution in [3.63, 3.8) is 0 Å². The normalized spacial score (nSPS) is 13.0. The third-order valence-corrected chi connectivity index (χ3v) is 3.35. The summed E-state index contributed by atoms with van der Waals surface area (Å²) in [6, 6.07) is 5.01. The van der Waals surface area contributed by atoms with Crippen LogP contribution in [-0.2, 0) is 11.3 Å². The molecule has 1 aliphatic heterocycles. The molecule has 2 N–H and O–H groups in total. The molecule has 0 aliphatic carbocycles. The van der Waals surface area contributed by atoms with Gasteiger partial charge in [0.25, 0.3) is 5.91 Å². The summed E-state index contributed by atoms with van der Waals surface area (Å²) >= 11 is 0. The van der Waals surface area contributed by atoms with E-state index < -0.39 is 18.9 Å². The van der Waals surface area contributed by atoms with Gasteiger partial charge < -0.3 is 10.6 Å². The minimum atomic E-state index is -4.69. The van der Waals surface area contributed by atoms with E-state index in [1.807, 2.05) is 4.57 Å². The van der Waals surface area contributed by atoms with Crippen LogP contribution in [-0.4, -0.2) is 35.0 Å². The van der Waals surface area contributed by atoms with E-state index in [0.29, 0.717) is 12.1 Å². The molecule has 23 heavy (non-hydrogen) atoms. The lowest BCUT2D eigenvalue weighted by molar-refractivity contribution is -0.323. The van der Waals surface area contributed by atoms with E-state index in [2.05, 4.69) is 20.4 Å². The standard InChI is InChI=1S/C14H13F3N4O2/c15-14(16,17)23-4-3-19-13(22)9-1-2-11-12(5-9)21-8-18-6-10(21)7-20-11/h1-2,5-6,8,20H,3-4,7H2,(H,19,22). The quantitative estimate of drug-likeness (QED) is 0.844. The lowest BCUT2D eigenvalue weighted by atomic mass is 10.1. The van der Waals surface area contributed by atoms with Crippen molar-refractivity contribution >= 4 is 11.6 Å². The van der Waals surface area contributed by atoms with Gasteiger partial charge in [-0.3, -0.25) is 14.1 Å². The van der Waals surface area contributed by atoms with Gasteiger partial charge in [-0.1, -0.05) is 0 Å². The second-order valence-corrected chi connectivity index (χ2v) is 4.89. The predicted molar refractivity (Wildman–Crippen MR) is 75.2 cm³/mol. The van der Waals surface area contributed by atoms with E-state index in [4.69, 9.17) is 0 Å². The van der Waals surface area contributed by atoms with Crippen LogP contribution in [0.25, 0.3) is 5.69 Å². The Morgan fingerprint density at radius 1 is 1.43 bits per heavy atom. The number of hydrogen-bond acceptors (Lipinski definition) is 4. The van der Waals surface area contributed by atoms with Gasteiger partial charge in [-0.05, 0) is 18.2 Å². The average Bonchev–Trinajstić information content (AvgIpc) is 2.99. The minimum Gasteiger partial charge on any atom is -0.378 e. The molecule has 1 aliphatic rings. The van der Waals surface area contributed by atoms with Crippen LogP contribution in [0.2, 0.25) is 0 Å². The zero-order valence-electron chi connectivity index (χ0n) is 11.9. The molecule has 0 unspecified atom stereocenters. The molecule has 1 aromatic carbocycles. The summed E-state index contributed by atoms with van der Waals surface area (Å²) in [6.07, 6.45) is -1.33. The topological polar surface area (TPSA) is 68.2 Å². The van der Waals surface area contributed by atoms with Gasteiger partial charge in [0.2, 0.25) is 0 Å². The first-order valence-electron chi connectivity index (χ1n) is 6.82. The van der Waals surface area contributed by atoms with Gasteiger partial charge in [0.1, 0.15) is 0 Å². The Hall–Kier alpha value is -2.55. The molecule has 9 heteroatoms. The molecule has 1 aromatic heterocycles. The number of alkyl halides is 3. The van der Waals surface area contributed by atoms with Crippen molar-refractivity contribution in [1.82, 2.24) is 14.9 Å². The molecular weight excluding hydrogens is 313 g/mol. The van der Waals surface area contributed by atoms with E-state index in [9.17, 15) is 18.0 Å².